The van der Waals surface area contributed by atoms with E-state index in [1.807, 2.05) is 17.5 Å². The van der Waals surface area contributed by atoms with Gasteiger partial charge in [-0.2, -0.15) is 0 Å². The predicted octanol–water partition coefficient (Wildman–Crippen LogP) is 3.74. The number of rotatable bonds is 5. The fraction of sp³-hybridized carbons (Fsp3) is 0.429. The van der Waals surface area contributed by atoms with Crippen molar-refractivity contribution in [3.63, 3.8) is 0 Å². The van der Waals surface area contributed by atoms with Crippen molar-refractivity contribution in [2.24, 2.45) is 0 Å². The van der Waals surface area contributed by atoms with Gasteiger partial charge in [0.05, 0.1) is 5.69 Å². The third-order valence-electron chi connectivity index (χ3n) is 5.63. The lowest BCUT2D eigenvalue weighted by molar-refractivity contribution is -0.133. The second-order valence-corrected chi connectivity index (χ2v) is 8.83. The van der Waals surface area contributed by atoms with Crippen molar-refractivity contribution in [1.82, 2.24) is 15.2 Å². The zero-order valence-electron chi connectivity index (χ0n) is 16.5. The number of anilines is 1. The van der Waals surface area contributed by atoms with Crippen LogP contribution < -0.4 is 10.6 Å². The molecule has 1 spiro atoms. The highest BCUT2D eigenvalue weighted by atomic mass is 32.1. The summed E-state index contributed by atoms with van der Waals surface area (Å²) in [6.07, 6.45) is 3.10. The molecule has 29 heavy (non-hydrogen) atoms. The summed E-state index contributed by atoms with van der Waals surface area (Å²) in [5, 5.41) is 7.81. The minimum absolute atomic E-state index is 0.291. The molecule has 1 aliphatic carbocycles. The first-order valence-corrected chi connectivity index (χ1v) is 10.8. The van der Waals surface area contributed by atoms with Gasteiger partial charge in [0.2, 0.25) is 5.91 Å². The summed E-state index contributed by atoms with van der Waals surface area (Å²) in [4.78, 5) is 42.7. The summed E-state index contributed by atoms with van der Waals surface area (Å²) in [7, 11) is 0. The lowest BCUT2D eigenvalue weighted by atomic mass is 9.98. The number of hydrogen-bond acceptors (Lipinski definition) is 5. The molecule has 2 aliphatic rings. The number of nitrogens with one attached hydrogen (secondary N) is 2. The van der Waals surface area contributed by atoms with Crippen LogP contribution in [-0.2, 0) is 9.59 Å². The van der Waals surface area contributed by atoms with Crippen LogP contribution in [0.15, 0.2) is 29.6 Å². The van der Waals surface area contributed by atoms with Crippen LogP contribution in [0.1, 0.15) is 51.0 Å². The van der Waals surface area contributed by atoms with Crippen molar-refractivity contribution in [2.75, 3.05) is 11.9 Å². The zero-order chi connectivity index (χ0) is 20.6. The number of aromatic nitrogens is 1. The molecule has 2 N–H and O–H groups in total. The van der Waals surface area contributed by atoms with Crippen LogP contribution in [0, 0.1) is 0 Å². The van der Waals surface area contributed by atoms with Gasteiger partial charge in [-0.25, -0.2) is 9.78 Å². The molecule has 2 aromatic rings. The Bertz CT molecular complexity index is 945. The minimum atomic E-state index is -0.798. The molecular formula is C21H24N4O3S. The number of nitrogens with zero attached hydrogens (tertiary/aromatic N) is 2. The highest BCUT2D eigenvalue weighted by Gasteiger charge is 2.52. The molecule has 0 bridgehead atoms. The average molecular weight is 413 g/mol. The standard InChI is InChI=1S/C21H24N4O3S/c1-13(2)14-5-7-15(8-6-14)16-12-29-19(22-16)23-17(26)11-25-18(27)21(24-20(25)28)9-3-4-10-21/h5-8,12-13H,3-4,9-11H2,1-2H3,(H,24,28)(H,22,23,26). The summed E-state index contributed by atoms with van der Waals surface area (Å²) >= 11 is 1.31. The van der Waals surface area contributed by atoms with Crippen LogP contribution in [0.3, 0.4) is 0 Å². The Hall–Kier alpha value is -2.74. The lowest BCUT2D eigenvalue weighted by Gasteiger charge is -2.19. The second-order valence-electron chi connectivity index (χ2n) is 7.97. The van der Waals surface area contributed by atoms with E-state index in [2.05, 4.69) is 41.6 Å². The van der Waals surface area contributed by atoms with Crippen molar-refractivity contribution >= 4 is 34.3 Å². The molecule has 7 nitrogen and oxygen atoms in total. The molecule has 1 aromatic carbocycles. The quantitative estimate of drug-likeness (QED) is 0.732. The fourth-order valence-electron chi connectivity index (χ4n) is 3.94. The van der Waals surface area contributed by atoms with Gasteiger partial charge in [-0.3, -0.25) is 14.5 Å². The van der Waals surface area contributed by atoms with Crippen LogP contribution in [0.4, 0.5) is 9.93 Å². The van der Waals surface area contributed by atoms with Crippen LogP contribution >= 0.6 is 11.3 Å². The maximum absolute atomic E-state index is 12.6. The Kier molecular flexibility index (Phi) is 5.12. The van der Waals surface area contributed by atoms with Gasteiger partial charge in [0.25, 0.3) is 5.91 Å². The summed E-state index contributed by atoms with van der Waals surface area (Å²) in [5.74, 6) is -0.261. The molecule has 0 radical (unpaired) electrons. The first kappa shape index (κ1) is 19.6. The van der Waals surface area contributed by atoms with Gasteiger partial charge in [0.1, 0.15) is 12.1 Å². The van der Waals surface area contributed by atoms with Crippen molar-refractivity contribution in [1.29, 1.82) is 0 Å². The Balaban J connectivity index is 1.39. The number of thiazole rings is 1. The molecule has 1 saturated heterocycles. The van der Waals surface area contributed by atoms with Crippen LogP contribution in [0.2, 0.25) is 0 Å². The normalized spacial score (nSPS) is 18.0. The number of imide groups is 1. The van der Waals surface area contributed by atoms with E-state index >= 15 is 0 Å². The van der Waals surface area contributed by atoms with E-state index in [-0.39, 0.29) is 12.5 Å². The van der Waals surface area contributed by atoms with E-state index in [1.165, 1.54) is 16.9 Å². The topological polar surface area (TPSA) is 91.4 Å². The maximum Gasteiger partial charge on any atom is 0.325 e. The van der Waals surface area contributed by atoms with Gasteiger partial charge in [0, 0.05) is 10.9 Å². The molecule has 2 heterocycles. The minimum Gasteiger partial charge on any atom is -0.323 e. The number of amides is 4. The Labute approximate surface area is 173 Å². The molecule has 1 saturated carbocycles. The summed E-state index contributed by atoms with van der Waals surface area (Å²) in [6.45, 7) is 3.99. The number of hydrogen-bond donors (Lipinski definition) is 2. The molecule has 2 fully saturated rings. The SMILES string of the molecule is CC(C)c1ccc(-c2csc(NC(=O)CN3C(=O)NC4(CCCC4)C3=O)n2)cc1. The Morgan fingerprint density at radius 2 is 1.93 bits per heavy atom. The smallest absolute Gasteiger partial charge is 0.323 e. The third-order valence-corrected chi connectivity index (χ3v) is 6.39. The van der Waals surface area contributed by atoms with Gasteiger partial charge in [-0.1, -0.05) is 51.0 Å². The van der Waals surface area contributed by atoms with Gasteiger partial charge < -0.3 is 10.6 Å². The summed E-state index contributed by atoms with van der Waals surface area (Å²) in [6, 6.07) is 7.70. The highest BCUT2D eigenvalue weighted by molar-refractivity contribution is 7.14. The highest BCUT2D eigenvalue weighted by Crippen LogP contribution is 2.35. The molecule has 0 atom stereocenters. The predicted molar refractivity (Wildman–Crippen MR) is 112 cm³/mol. The van der Waals surface area contributed by atoms with Crippen LogP contribution in [0.5, 0.6) is 0 Å². The van der Waals surface area contributed by atoms with E-state index in [4.69, 9.17) is 0 Å². The van der Waals surface area contributed by atoms with Crippen LogP contribution in [0.25, 0.3) is 11.3 Å². The van der Waals surface area contributed by atoms with E-state index in [1.54, 1.807) is 0 Å². The molecule has 4 rings (SSSR count). The number of carbonyl (C=O) groups is 3. The molecule has 0 unspecified atom stereocenters. The molecular weight excluding hydrogens is 388 g/mol. The maximum atomic E-state index is 12.6. The van der Waals surface area contributed by atoms with Gasteiger partial charge in [0.15, 0.2) is 5.13 Å². The monoisotopic (exact) mass is 412 g/mol. The molecule has 1 aliphatic heterocycles. The zero-order valence-corrected chi connectivity index (χ0v) is 17.3. The van der Waals surface area contributed by atoms with E-state index < -0.39 is 17.5 Å². The van der Waals surface area contributed by atoms with Crippen molar-refractivity contribution in [2.45, 2.75) is 51.0 Å². The third kappa shape index (κ3) is 3.76. The number of urea groups is 1. The first-order valence-electron chi connectivity index (χ1n) is 9.88. The van der Waals surface area contributed by atoms with Crippen molar-refractivity contribution in [3.05, 3.63) is 35.2 Å². The molecule has 1 aromatic heterocycles. The largest absolute Gasteiger partial charge is 0.325 e. The van der Waals surface area contributed by atoms with Crippen molar-refractivity contribution < 1.29 is 14.4 Å². The molecule has 152 valence electrons. The van der Waals surface area contributed by atoms with E-state index in [0.717, 1.165) is 29.0 Å². The Morgan fingerprint density at radius 1 is 1.24 bits per heavy atom. The lowest BCUT2D eigenvalue weighted by Crippen LogP contribution is -2.44. The number of carbonyl (C=O) groups excluding carboxylic acids is 3. The second kappa shape index (κ2) is 7.59. The summed E-state index contributed by atoms with van der Waals surface area (Å²) in [5.41, 5.74) is 2.21. The summed E-state index contributed by atoms with van der Waals surface area (Å²) < 4.78 is 0. The van der Waals surface area contributed by atoms with E-state index in [9.17, 15) is 14.4 Å². The molecule has 4 amide bonds. The van der Waals surface area contributed by atoms with Gasteiger partial charge in [-0.05, 0) is 24.3 Å². The first-order chi connectivity index (χ1) is 13.9. The van der Waals surface area contributed by atoms with Gasteiger partial charge >= 0.3 is 6.03 Å². The number of benzene rings is 1. The van der Waals surface area contributed by atoms with Crippen molar-refractivity contribution in [3.8, 4) is 11.3 Å². The van der Waals surface area contributed by atoms with Gasteiger partial charge in [-0.15, -0.1) is 11.3 Å². The molecule has 8 heteroatoms. The Morgan fingerprint density at radius 3 is 2.59 bits per heavy atom. The van der Waals surface area contributed by atoms with E-state index in [0.29, 0.717) is 23.9 Å². The average Bonchev–Trinajstić information content (AvgIpc) is 3.40. The van der Waals surface area contributed by atoms with Crippen LogP contribution in [-0.4, -0.2) is 39.8 Å². The fourth-order valence-corrected chi connectivity index (χ4v) is 4.68.